The number of aromatic nitrogens is 2. The third-order valence-corrected chi connectivity index (χ3v) is 11.0. The van der Waals surface area contributed by atoms with E-state index >= 15 is 4.39 Å². The van der Waals surface area contributed by atoms with Crippen molar-refractivity contribution < 1.29 is 38.5 Å². The number of nitrogens with zero attached hydrogens (tertiary/aromatic N) is 3. The lowest BCUT2D eigenvalue weighted by Gasteiger charge is -2.32. The molecular formula is C38H40Cl2FN5O7. The highest BCUT2D eigenvalue weighted by atomic mass is 35.5. The molecule has 12 nitrogen and oxygen atoms in total. The van der Waals surface area contributed by atoms with Crippen molar-refractivity contribution in [1.82, 2.24) is 19.9 Å². The molecule has 1 atom stereocenters. The summed E-state index contributed by atoms with van der Waals surface area (Å²) < 4.78 is 29.1. The van der Waals surface area contributed by atoms with E-state index in [1.807, 2.05) is 35.2 Å². The standard InChI is InChI=1S/C38H40Cl2FN5O7/c1-45-29-13-14-46(21(18-47)19-48)17-28(29)43-36(45)37(49)44-27-8-4-7-25(33(27)39)22-5-3-6-24-23(22)11-12-30(24)52-32-15-31(51-2)26(35(41)34(32)40)16-42-53-38(50)20-9-10-20/h3-8,15,20-21,30,42,47-48H,9-14,16-19H2,1-2H3,(H,44,49). The summed E-state index contributed by atoms with van der Waals surface area (Å²) in [7, 11) is 3.21. The minimum atomic E-state index is -0.738. The van der Waals surface area contributed by atoms with Crippen LogP contribution in [0.2, 0.25) is 10.0 Å². The number of imidazole rings is 1. The average Bonchev–Trinajstić information content (AvgIpc) is 3.86. The molecule has 1 aromatic heterocycles. The monoisotopic (exact) mass is 767 g/mol. The Balaban J connectivity index is 1.08. The van der Waals surface area contributed by atoms with E-state index in [0.717, 1.165) is 46.5 Å². The molecule has 15 heteroatoms. The molecule has 53 heavy (non-hydrogen) atoms. The summed E-state index contributed by atoms with van der Waals surface area (Å²) in [6, 6.07) is 12.4. The first-order chi connectivity index (χ1) is 25.6. The molecule has 3 aromatic carbocycles. The smallest absolute Gasteiger partial charge is 0.327 e. The van der Waals surface area contributed by atoms with Gasteiger partial charge in [-0.2, -0.15) is 0 Å². The van der Waals surface area contributed by atoms with Crippen molar-refractivity contribution in [2.45, 2.75) is 57.3 Å². The number of carbonyl (C=O) groups excluding carboxylic acids is 2. The van der Waals surface area contributed by atoms with E-state index in [1.54, 1.807) is 17.7 Å². The Morgan fingerprint density at radius 3 is 2.53 bits per heavy atom. The Morgan fingerprint density at radius 1 is 1.04 bits per heavy atom. The highest BCUT2D eigenvalue weighted by Crippen LogP contribution is 2.45. The number of carbonyl (C=O) groups is 2. The largest absolute Gasteiger partial charge is 0.496 e. The van der Waals surface area contributed by atoms with Gasteiger partial charge >= 0.3 is 5.97 Å². The molecule has 0 spiro atoms. The fourth-order valence-electron chi connectivity index (χ4n) is 7.14. The summed E-state index contributed by atoms with van der Waals surface area (Å²) in [6.45, 7) is 0.568. The van der Waals surface area contributed by atoms with Gasteiger partial charge in [-0.15, -0.1) is 5.48 Å². The second-order valence-electron chi connectivity index (χ2n) is 13.5. The van der Waals surface area contributed by atoms with Crippen LogP contribution in [0.3, 0.4) is 0 Å². The van der Waals surface area contributed by atoms with Crippen molar-refractivity contribution in [1.29, 1.82) is 0 Å². The van der Waals surface area contributed by atoms with Crippen molar-refractivity contribution in [3.63, 3.8) is 0 Å². The van der Waals surface area contributed by atoms with E-state index in [1.165, 1.54) is 13.2 Å². The molecule has 2 heterocycles. The normalized spacial score (nSPS) is 16.7. The summed E-state index contributed by atoms with van der Waals surface area (Å²) in [5, 5.41) is 22.4. The van der Waals surface area contributed by atoms with Crippen molar-refractivity contribution in [2.75, 3.05) is 32.2 Å². The van der Waals surface area contributed by atoms with Gasteiger partial charge in [-0.1, -0.05) is 53.5 Å². The third-order valence-electron chi connectivity index (χ3n) is 10.2. The Bertz CT molecular complexity index is 2050. The number of benzene rings is 3. The number of hydroxylamine groups is 1. The van der Waals surface area contributed by atoms with Gasteiger partial charge in [0.1, 0.15) is 22.6 Å². The van der Waals surface area contributed by atoms with Gasteiger partial charge in [-0.3, -0.25) is 14.5 Å². The van der Waals surface area contributed by atoms with Gasteiger partial charge in [-0.05, 0) is 48.4 Å². The van der Waals surface area contributed by atoms with Crippen LogP contribution in [0, 0.1) is 11.7 Å². The second-order valence-corrected chi connectivity index (χ2v) is 14.2. The third kappa shape index (κ3) is 7.34. The molecule has 2 aliphatic carbocycles. The maximum atomic E-state index is 15.6. The number of hydrogen-bond acceptors (Lipinski definition) is 10. The first-order valence-corrected chi connectivity index (χ1v) is 18.3. The zero-order valence-corrected chi connectivity index (χ0v) is 30.8. The topological polar surface area (TPSA) is 147 Å². The summed E-state index contributed by atoms with van der Waals surface area (Å²) in [6.07, 6.45) is 3.01. The van der Waals surface area contributed by atoms with Gasteiger partial charge in [0.2, 0.25) is 0 Å². The molecule has 0 bridgehead atoms. The molecule has 3 aliphatic rings. The number of nitrogens with one attached hydrogen (secondary N) is 2. The summed E-state index contributed by atoms with van der Waals surface area (Å²) >= 11 is 13.5. The highest BCUT2D eigenvalue weighted by Gasteiger charge is 2.33. The number of anilines is 1. The summed E-state index contributed by atoms with van der Waals surface area (Å²) in [4.78, 5) is 37.1. The van der Waals surface area contributed by atoms with Crippen LogP contribution in [0.4, 0.5) is 10.1 Å². The van der Waals surface area contributed by atoms with Crippen LogP contribution in [0.5, 0.6) is 11.5 Å². The molecule has 280 valence electrons. The molecule has 1 aliphatic heterocycles. The Morgan fingerprint density at radius 2 is 1.79 bits per heavy atom. The van der Waals surface area contributed by atoms with Crippen LogP contribution >= 0.6 is 23.2 Å². The first-order valence-electron chi connectivity index (χ1n) is 17.5. The van der Waals surface area contributed by atoms with E-state index in [-0.39, 0.29) is 65.6 Å². The van der Waals surface area contributed by atoms with Crippen molar-refractivity contribution in [3.05, 3.63) is 92.2 Å². The van der Waals surface area contributed by atoms with Gasteiger partial charge < -0.3 is 34.4 Å². The molecular weight excluding hydrogens is 728 g/mol. The van der Waals surface area contributed by atoms with Crippen LogP contribution in [0.1, 0.15) is 64.1 Å². The molecule has 0 saturated heterocycles. The summed E-state index contributed by atoms with van der Waals surface area (Å²) in [5.41, 5.74) is 8.22. The zero-order chi connectivity index (χ0) is 37.4. The average molecular weight is 769 g/mol. The fraction of sp³-hybridized carbons (Fsp3) is 0.395. The molecule has 1 amide bonds. The van der Waals surface area contributed by atoms with E-state index in [2.05, 4.69) is 15.8 Å². The molecule has 1 saturated carbocycles. The van der Waals surface area contributed by atoms with Crippen molar-refractivity contribution in [2.24, 2.45) is 13.0 Å². The first kappa shape index (κ1) is 37.1. The van der Waals surface area contributed by atoms with E-state index in [4.69, 9.17) is 37.5 Å². The van der Waals surface area contributed by atoms with E-state index in [0.29, 0.717) is 43.1 Å². The Hall–Kier alpha value is -4.24. The molecule has 1 fully saturated rings. The molecule has 7 rings (SSSR count). The highest BCUT2D eigenvalue weighted by molar-refractivity contribution is 6.36. The minimum Gasteiger partial charge on any atom is -0.496 e. The lowest BCUT2D eigenvalue weighted by Crippen LogP contribution is -2.43. The lowest BCUT2D eigenvalue weighted by atomic mass is 9.96. The van der Waals surface area contributed by atoms with Gasteiger partial charge in [-0.25, -0.2) is 9.37 Å². The van der Waals surface area contributed by atoms with E-state index in [9.17, 15) is 19.8 Å². The molecule has 1 unspecified atom stereocenters. The Kier molecular flexibility index (Phi) is 10.9. The number of aliphatic hydroxyl groups is 2. The number of rotatable bonds is 13. The number of methoxy groups -OCH3 is 1. The Labute approximate surface area is 315 Å². The van der Waals surface area contributed by atoms with Gasteiger partial charge in [0, 0.05) is 49.4 Å². The summed E-state index contributed by atoms with van der Waals surface area (Å²) in [5.74, 6) is -1.09. The number of amides is 1. The predicted molar refractivity (Wildman–Crippen MR) is 195 cm³/mol. The number of ether oxygens (including phenoxy) is 2. The maximum Gasteiger partial charge on any atom is 0.327 e. The van der Waals surface area contributed by atoms with Crippen LogP contribution in [0.15, 0.2) is 42.5 Å². The number of halogens is 3. The zero-order valence-electron chi connectivity index (χ0n) is 29.3. The molecule has 0 radical (unpaired) electrons. The van der Waals surface area contributed by atoms with Crippen LogP contribution in [-0.4, -0.2) is 69.5 Å². The predicted octanol–water partition coefficient (Wildman–Crippen LogP) is 5.53. The number of fused-ring (bicyclic) bond motifs is 2. The minimum absolute atomic E-state index is 0.104. The van der Waals surface area contributed by atoms with Crippen molar-refractivity contribution in [3.8, 4) is 22.6 Å². The van der Waals surface area contributed by atoms with Crippen molar-refractivity contribution >= 4 is 40.8 Å². The molecule has 4 aromatic rings. The number of hydrogen-bond donors (Lipinski definition) is 4. The quantitative estimate of drug-likeness (QED) is 0.128. The lowest BCUT2D eigenvalue weighted by molar-refractivity contribution is -0.153. The molecule has 4 N–H and O–H groups in total. The van der Waals surface area contributed by atoms with Crippen LogP contribution in [-0.2, 0) is 42.6 Å². The SMILES string of the molecule is COc1cc(OC2CCc3c(-c4cccc(NC(=O)c5nc6c(n5C)CCN(C(CO)CO)C6)c4Cl)cccc32)c(Cl)c(F)c1CNOC(=O)C1CC1. The van der Waals surface area contributed by atoms with Gasteiger partial charge in [0.15, 0.2) is 11.6 Å². The second kappa shape index (κ2) is 15.6. The fourth-order valence-corrected chi connectivity index (χ4v) is 7.63. The maximum absolute atomic E-state index is 15.6. The van der Waals surface area contributed by atoms with Crippen LogP contribution < -0.4 is 20.3 Å². The van der Waals surface area contributed by atoms with Crippen LogP contribution in [0.25, 0.3) is 11.1 Å². The number of aliphatic hydroxyl groups excluding tert-OH is 2. The van der Waals surface area contributed by atoms with Gasteiger partial charge in [0.25, 0.3) is 5.91 Å². The van der Waals surface area contributed by atoms with Gasteiger partial charge in [0.05, 0.1) is 55.2 Å². The van der Waals surface area contributed by atoms with E-state index < -0.39 is 17.8 Å².